The highest BCUT2D eigenvalue weighted by molar-refractivity contribution is 5.89. The Morgan fingerprint density at radius 2 is 2.26 bits per heavy atom. The number of fused-ring (bicyclic) bond motifs is 3. The topological polar surface area (TPSA) is 26.3 Å². The van der Waals surface area contributed by atoms with Crippen LogP contribution < -0.4 is 4.74 Å². The maximum absolute atomic E-state index is 15.1. The summed E-state index contributed by atoms with van der Waals surface area (Å²) in [5.41, 5.74) is 2.07. The van der Waals surface area contributed by atoms with Crippen LogP contribution in [0.3, 0.4) is 0 Å². The lowest BCUT2D eigenvalue weighted by Crippen LogP contribution is -2.39. The van der Waals surface area contributed by atoms with Gasteiger partial charge in [-0.15, -0.1) is 0 Å². The minimum atomic E-state index is -1.65. The Balaban J connectivity index is 1.84. The van der Waals surface area contributed by atoms with Gasteiger partial charge in [-0.2, -0.15) is 0 Å². The van der Waals surface area contributed by atoms with Crippen molar-refractivity contribution in [1.82, 2.24) is 0 Å². The smallest absolute Gasteiger partial charge is 0.172 e. The standard InChI is InChI=1S/C20H25FO2/c1-3-4-5-19(22)20(21)11-10-18-15(13-20)7-6-14-12-16(23-2)8-9-17(14)18/h8-10,12,15H,3-7,11,13H2,1-2H3. The Labute approximate surface area is 137 Å². The third kappa shape index (κ3) is 3.06. The first-order valence-electron chi connectivity index (χ1n) is 8.67. The largest absolute Gasteiger partial charge is 0.497 e. The van der Waals surface area contributed by atoms with Gasteiger partial charge in [0, 0.05) is 12.8 Å². The van der Waals surface area contributed by atoms with Crippen molar-refractivity contribution in [2.45, 2.75) is 57.5 Å². The average Bonchev–Trinajstić information content (AvgIpc) is 2.58. The molecule has 1 aromatic rings. The van der Waals surface area contributed by atoms with Crippen molar-refractivity contribution >= 4 is 11.4 Å². The lowest BCUT2D eigenvalue weighted by atomic mass is 9.69. The number of unbranched alkanes of at least 4 members (excludes halogenated alkanes) is 1. The number of ketones is 1. The van der Waals surface area contributed by atoms with Gasteiger partial charge in [0.15, 0.2) is 11.5 Å². The van der Waals surface area contributed by atoms with Gasteiger partial charge in [-0.05, 0) is 60.4 Å². The molecule has 0 fully saturated rings. The molecular weight excluding hydrogens is 291 g/mol. The molecule has 0 aromatic heterocycles. The van der Waals surface area contributed by atoms with Crippen LogP contribution in [0.2, 0.25) is 0 Å². The molecule has 2 unspecified atom stereocenters. The average molecular weight is 316 g/mol. The third-order valence-electron chi connectivity index (χ3n) is 5.30. The molecular formula is C20H25FO2. The normalized spacial score (nSPS) is 26.0. The van der Waals surface area contributed by atoms with Gasteiger partial charge < -0.3 is 4.74 Å². The summed E-state index contributed by atoms with van der Waals surface area (Å²) >= 11 is 0. The van der Waals surface area contributed by atoms with Crippen molar-refractivity contribution in [1.29, 1.82) is 0 Å². The van der Waals surface area contributed by atoms with Gasteiger partial charge in [-0.25, -0.2) is 4.39 Å². The molecule has 3 heteroatoms. The molecule has 124 valence electrons. The molecule has 0 spiro atoms. The molecule has 0 amide bonds. The first-order chi connectivity index (χ1) is 11.1. The molecule has 0 N–H and O–H groups in total. The van der Waals surface area contributed by atoms with Crippen LogP contribution in [0.25, 0.3) is 5.57 Å². The van der Waals surface area contributed by atoms with Crippen molar-refractivity contribution in [2.75, 3.05) is 7.11 Å². The number of benzene rings is 1. The van der Waals surface area contributed by atoms with E-state index in [9.17, 15) is 4.79 Å². The SMILES string of the molecule is CCCCC(=O)C1(F)CC=C2c3ccc(OC)cc3CCC2C1. The van der Waals surface area contributed by atoms with Crippen molar-refractivity contribution in [3.05, 3.63) is 35.4 Å². The maximum Gasteiger partial charge on any atom is 0.172 e. The van der Waals surface area contributed by atoms with Crippen LogP contribution in [0, 0.1) is 5.92 Å². The Kier molecular flexibility index (Phi) is 4.56. The van der Waals surface area contributed by atoms with E-state index >= 15 is 4.39 Å². The van der Waals surface area contributed by atoms with E-state index in [0.717, 1.165) is 31.4 Å². The van der Waals surface area contributed by atoms with E-state index in [4.69, 9.17) is 4.74 Å². The molecule has 2 aliphatic carbocycles. The Hall–Kier alpha value is -1.64. The zero-order chi connectivity index (χ0) is 16.4. The fourth-order valence-corrected chi connectivity index (χ4v) is 3.91. The maximum atomic E-state index is 15.1. The van der Waals surface area contributed by atoms with E-state index in [0.29, 0.717) is 12.8 Å². The molecule has 0 saturated heterocycles. The van der Waals surface area contributed by atoms with Crippen LogP contribution >= 0.6 is 0 Å². The molecule has 2 aliphatic rings. The molecule has 0 heterocycles. The van der Waals surface area contributed by atoms with E-state index in [1.54, 1.807) is 7.11 Å². The number of halogens is 1. The molecule has 0 saturated carbocycles. The van der Waals surface area contributed by atoms with Crippen LogP contribution in [-0.2, 0) is 11.2 Å². The number of aryl methyl sites for hydroxylation is 1. The highest BCUT2D eigenvalue weighted by Crippen LogP contribution is 2.46. The fourth-order valence-electron chi connectivity index (χ4n) is 3.91. The molecule has 2 nitrogen and oxygen atoms in total. The first-order valence-corrected chi connectivity index (χ1v) is 8.67. The van der Waals surface area contributed by atoms with Crippen molar-refractivity contribution in [3.63, 3.8) is 0 Å². The van der Waals surface area contributed by atoms with E-state index in [-0.39, 0.29) is 18.1 Å². The Bertz CT molecular complexity index is 635. The number of Topliss-reactive ketones (excluding diaryl/α,β-unsaturated/α-hetero) is 1. The molecule has 3 rings (SSSR count). The van der Waals surface area contributed by atoms with Gasteiger partial charge in [-0.1, -0.05) is 25.5 Å². The summed E-state index contributed by atoms with van der Waals surface area (Å²) in [5, 5.41) is 0. The van der Waals surface area contributed by atoms with Gasteiger partial charge in [0.05, 0.1) is 7.11 Å². The Morgan fingerprint density at radius 3 is 3.00 bits per heavy atom. The molecule has 0 bridgehead atoms. The molecule has 1 aromatic carbocycles. The van der Waals surface area contributed by atoms with Crippen LogP contribution in [0.4, 0.5) is 4.39 Å². The van der Waals surface area contributed by atoms with Crippen molar-refractivity contribution in [2.24, 2.45) is 5.92 Å². The summed E-state index contributed by atoms with van der Waals surface area (Å²) in [6.07, 6.45) is 6.49. The minimum absolute atomic E-state index is 0.167. The van der Waals surface area contributed by atoms with Crippen LogP contribution in [0.5, 0.6) is 5.75 Å². The van der Waals surface area contributed by atoms with Gasteiger partial charge >= 0.3 is 0 Å². The second-order valence-corrected chi connectivity index (χ2v) is 6.82. The van der Waals surface area contributed by atoms with Gasteiger partial charge in [-0.3, -0.25) is 4.79 Å². The number of carbonyl (C=O) groups is 1. The number of alkyl halides is 1. The number of allylic oxidation sites excluding steroid dienone is 2. The Morgan fingerprint density at radius 1 is 1.43 bits per heavy atom. The predicted molar refractivity (Wildman–Crippen MR) is 90.4 cm³/mol. The summed E-state index contributed by atoms with van der Waals surface area (Å²) in [6, 6.07) is 6.12. The monoisotopic (exact) mass is 316 g/mol. The van der Waals surface area contributed by atoms with Gasteiger partial charge in [0.1, 0.15) is 5.75 Å². The van der Waals surface area contributed by atoms with Crippen molar-refractivity contribution < 1.29 is 13.9 Å². The van der Waals surface area contributed by atoms with Crippen LogP contribution in [-0.4, -0.2) is 18.6 Å². The lowest BCUT2D eigenvalue weighted by Gasteiger charge is -2.37. The number of ether oxygens (including phenoxy) is 1. The van der Waals surface area contributed by atoms with E-state index in [1.807, 2.05) is 19.1 Å². The van der Waals surface area contributed by atoms with Crippen molar-refractivity contribution in [3.8, 4) is 5.75 Å². The second kappa shape index (κ2) is 6.46. The summed E-state index contributed by atoms with van der Waals surface area (Å²) in [7, 11) is 1.67. The highest BCUT2D eigenvalue weighted by Gasteiger charge is 2.43. The van der Waals surface area contributed by atoms with Gasteiger partial charge in [0.25, 0.3) is 0 Å². The highest BCUT2D eigenvalue weighted by atomic mass is 19.1. The summed E-state index contributed by atoms with van der Waals surface area (Å²) in [5.74, 6) is 0.837. The molecule has 0 aliphatic heterocycles. The molecule has 2 atom stereocenters. The quantitative estimate of drug-likeness (QED) is 0.772. The molecule has 0 radical (unpaired) electrons. The number of methoxy groups -OCH3 is 1. The van der Waals surface area contributed by atoms with Crippen LogP contribution in [0.15, 0.2) is 24.3 Å². The number of hydrogen-bond donors (Lipinski definition) is 0. The zero-order valence-corrected chi connectivity index (χ0v) is 14.0. The fraction of sp³-hybridized carbons (Fsp3) is 0.550. The zero-order valence-electron chi connectivity index (χ0n) is 14.0. The van der Waals surface area contributed by atoms with Crippen LogP contribution in [0.1, 0.15) is 56.6 Å². The van der Waals surface area contributed by atoms with E-state index in [2.05, 4.69) is 12.1 Å². The minimum Gasteiger partial charge on any atom is -0.497 e. The van der Waals surface area contributed by atoms with E-state index < -0.39 is 5.67 Å². The first kappa shape index (κ1) is 16.2. The number of rotatable bonds is 5. The van der Waals surface area contributed by atoms with E-state index in [1.165, 1.54) is 16.7 Å². The third-order valence-corrected chi connectivity index (χ3v) is 5.30. The number of hydrogen-bond acceptors (Lipinski definition) is 2. The molecule has 23 heavy (non-hydrogen) atoms. The summed E-state index contributed by atoms with van der Waals surface area (Å²) in [4.78, 5) is 12.3. The lowest BCUT2D eigenvalue weighted by molar-refractivity contribution is -0.131. The summed E-state index contributed by atoms with van der Waals surface area (Å²) < 4.78 is 20.4. The predicted octanol–water partition coefficient (Wildman–Crippen LogP) is 4.90. The van der Waals surface area contributed by atoms with Gasteiger partial charge in [0.2, 0.25) is 0 Å². The number of carbonyl (C=O) groups excluding carboxylic acids is 1. The second-order valence-electron chi connectivity index (χ2n) is 6.82. The summed E-state index contributed by atoms with van der Waals surface area (Å²) in [6.45, 7) is 2.03.